The highest BCUT2D eigenvalue weighted by Crippen LogP contribution is 2.14. The van der Waals surface area contributed by atoms with E-state index in [1.54, 1.807) is 0 Å². The van der Waals surface area contributed by atoms with E-state index in [1.807, 2.05) is 67.6 Å². The van der Waals surface area contributed by atoms with Crippen LogP contribution in [-0.4, -0.2) is 15.9 Å². The van der Waals surface area contributed by atoms with Crippen LogP contribution in [0.3, 0.4) is 0 Å². The van der Waals surface area contributed by atoms with E-state index in [9.17, 15) is 9.59 Å². The van der Waals surface area contributed by atoms with Crippen molar-refractivity contribution in [1.82, 2.24) is 15.3 Å². The molecular formula is C19H17N3O2. The average molecular weight is 319 g/mol. The molecule has 5 heteroatoms. The van der Waals surface area contributed by atoms with Crippen molar-refractivity contribution in [2.45, 2.75) is 13.0 Å². The Hall–Kier alpha value is -3.21. The molecule has 3 aromatic rings. The first-order chi connectivity index (χ1) is 11.6. The summed E-state index contributed by atoms with van der Waals surface area (Å²) in [5.41, 5.74) is 1.47. The molecule has 2 aromatic carbocycles. The number of hydrogen-bond acceptors (Lipinski definition) is 3. The molecule has 0 aliphatic heterocycles. The largest absolute Gasteiger partial charge is 0.344 e. The molecule has 3 rings (SSSR count). The highest BCUT2D eigenvalue weighted by molar-refractivity contribution is 5.92. The maximum absolute atomic E-state index is 12.4. The van der Waals surface area contributed by atoms with E-state index in [-0.39, 0.29) is 23.2 Å². The fourth-order valence-corrected chi connectivity index (χ4v) is 2.40. The Kier molecular flexibility index (Phi) is 4.52. The van der Waals surface area contributed by atoms with Crippen molar-refractivity contribution in [2.75, 3.05) is 0 Å². The maximum Gasteiger partial charge on any atom is 0.270 e. The van der Waals surface area contributed by atoms with E-state index in [0.29, 0.717) is 5.82 Å². The molecule has 1 atom stereocenters. The highest BCUT2D eigenvalue weighted by atomic mass is 16.2. The van der Waals surface area contributed by atoms with Gasteiger partial charge in [0.1, 0.15) is 11.5 Å². The smallest absolute Gasteiger partial charge is 0.270 e. The summed E-state index contributed by atoms with van der Waals surface area (Å²) >= 11 is 0. The zero-order chi connectivity index (χ0) is 16.9. The molecule has 0 saturated heterocycles. The standard InChI is InChI=1S/C19H17N3O2/c1-13(14-8-4-2-5-9-14)20-19(24)16-12-17(23)22-18(21-16)15-10-6-3-7-11-15/h2-13H,1H3,(H,20,24)(H,21,22,23)/t13-/m1/s1. The third-order valence-electron chi connectivity index (χ3n) is 3.67. The number of nitrogens with zero attached hydrogens (tertiary/aromatic N) is 1. The minimum absolute atomic E-state index is 0.0976. The van der Waals surface area contributed by atoms with Gasteiger partial charge in [-0.15, -0.1) is 0 Å². The predicted molar refractivity (Wildman–Crippen MR) is 92.6 cm³/mol. The van der Waals surface area contributed by atoms with Gasteiger partial charge in [-0.1, -0.05) is 60.7 Å². The molecule has 0 radical (unpaired) electrons. The van der Waals surface area contributed by atoms with E-state index < -0.39 is 0 Å². The third-order valence-corrected chi connectivity index (χ3v) is 3.67. The molecule has 1 aromatic heterocycles. The van der Waals surface area contributed by atoms with E-state index >= 15 is 0 Å². The number of amides is 1. The van der Waals surface area contributed by atoms with Crippen LogP contribution in [0, 0.1) is 0 Å². The van der Waals surface area contributed by atoms with Gasteiger partial charge in [0.15, 0.2) is 0 Å². The number of nitrogens with one attached hydrogen (secondary N) is 2. The zero-order valence-electron chi connectivity index (χ0n) is 13.2. The van der Waals surface area contributed by atoms with E-state index in [4.69, 9.17) is 0 Å². The molecular weight excluding hydrogens is 302 g/mol. The summed E-state index contributed by atoms with van der Waals surface area (Å²) < 4.78 is 0. The fraction of sp³-hybridized carbons (Fsp3) is 0.105. The second kappa shape index (κ2) is 6.91. The number of carbonyl (C=O) groups is 1. The molecule has 5 nitrogen and oxygen atoms in total. The topological polar surface area (TPSA) is 74.8 Å². The SMILES string of the molecule is C[C@@H](NC(=O)c1cc(=O)[nH]c(-c2ccccc2)n1)c1ccccc1. The van der Waals surface area contributed by atoms with Gasteiger partial charge < -0.3 is 10.3 Å². The molecule has 0 aliphatic carbocycles. The normalized spacial score (nSPS) is 11.7. The van der Waals surface area contributed by atoms with Gasteiger partial charge in [-0.3, -0.25) is 9.59 Å². The van der Waals surface area contributed by atoms with E-state index in [2.05, 4.69) is 15.3 Å². The summed E-state index contributed by atoms with van der Waals surface area (Å²) in [5, 5.41) is 2.86. The number of H-pyrrole nitrogens is 1. The molecule has 0 spiro atoms. The Morgan fingerprint density at radius 1 is 1.04 bits per heavy atom. The van der Waals surface area contributed by atoms with Crippen molar-refractivity contribution in [3.05, 3.63) is 88.3 Å². The van der Waals surface area contributed by atoms with Gasteiger partial charge in [-0.2, -0.15) is 0 Å². The minimum Gasteiger partial charge on any atom is -0.344 e. The second-order valence-corrected chi connectivity index (χ2v) is 5.45. The first kappa shape index (κ1) is 15.7. The van der Waals surface area contributed by atoms with Crippen LogP contribution in [0.1, 0.15) is 29.0 Å². The Labute approximate surface area is 139 Å². The number of aromatic nitrogens is 2. The number of hydrogen-bond donors (Lipinski definition) is 2. The van der Waals surface area contributed by atoms with Gasteiger partial charge in [-0.25, -0.2) is 4.98 Å². The van der Waals surface area contributed by atoms with Crippen molar-refractivity contribution >= 4 is 5.91 Å². The number of rotatable bonds is 4. The van der Waals surface area contributed by atoms with Crippen LogP contribution < -0.4 is 10.9 Å². The Balaban J connectivity index is 1.85. The minimum atomic E-state index is -0.380. The van der Waals surface area contributed by atoms with Gasteiger partial charge in [-0.05, 0) is 12.5 Å². The molecule has 0 unspecified atom stereocenters. The molecule has 0 bridgehead atoms. The molecule has 1 amide bonds. The Morgan fingerprint density at radius 2 is 1.67 bits per heavy atom. The van der Waals surface area contributed by atoms with Gasteiger partial charge in [0.25, 0.3) is 11.5 Å². The van der Waals surface area contributed by atoms with Gasteiger partial charge in [0, 0.05) is 11.6 Å². The second-order valence-electron chi connectivity index (χ2n) is 5.45. The third kappa shape index (κ3) is 3.57. The highest BCUT2D eigenvalue weighted by Gasteiger charge is 2.14. The van der Waals surface area contributed by atoms with Crippen LogP contribution in [0.4, 0.5) is 0 Å². The van der Waals surface area contributed by atoms with Crippen molar-refractivity contribution in [3.8, 4) is 11.4 Å². The summed E-state index contributed by atoms with van der Waals surface area (Å²) in [7, 11) is 0. The predicted octanol–water partition coefficient (Wildman–Crippen LogP) is 2.93. The van der Waals surface area contributed by atoms with Crippen LogP contribution in [0.25, 0.3) is 11.4 Å². The summed E-state index contributed by atoms with van der Waals surface area (Å²) in [6, 6.07) is 19.9. The molecule has 2 N–H and O–H groups in total. The van der Waals surface area contributed by atoms with Crippen LogP contribution in [0.15, 0.2) is 71.5 Å². The lowest BCUT2D eigenvalue weighted by molar-refractivity contribution is 0.0934. The van der Waals surface area contributed by atoms with Crippen molar-refractivity contribution in [1.29, 1.82) is 0 Å². The number of benzene rings is 2. The maximum atomic E-state index is 12.4. The lowest BCUT2D eigenvalue weighted by Gasteiger charge is -2.14. The lowest BCUT2D eigenvalue weighted by atomic mass is 10.1. The van der Waals surface area contributed by atoms with Crippen molar-refractivity contribution in [2.24, 2.45) is 0 Å². The van der Waals surface area contributed by atoms with Crippen LogP contribution >= 0.6 is 0 Å². The zero-order valence-corrected chi connectivity index (χ0v) is 13.2. The van der Waals surface area contributed by atoms with Crippen molar-refractivity contribution < 1.29 is 4.79 Å². The Bertz CT molecular complexity index is 889. The quantitative estimate of drug-likeness (QED) is 0.776. The summed E-state index contributed by atoms with van der Waals surface area (Å²) in [4.78, 5) is 31.2. The Morgan fingerprint density at radius 3 is 2.33 bits per heavy atom. The summed E-state index contributed by atoms with van der Waals surface area (Å²) in [5.74, 6) is -0.00440. The van der Waals surface area contributed by atoms with E-state index in [1.165, 1.54) is 6.07 Å². The van der Waals surface area contributed by atoms with Crippen LogP contribution in [0.5, 0.6) is 0 Å². The molecule has 0 aliphatic rings. The molecule has 0 fully saturated rings. The molecule has 0 saturated carbocycles. The number of aromatic amines is 1. The van der Waals surface area contributed by atoms with Crippen LogP contribution in [-0.2, 0) is 0 Å². The van der Waals surface area contributed by atoms with Gasteiger partial charge >= 0.3 is 0 Å². The summed E-state index contributed by atoms with van der Waals surface area (Å²) in [6.07, 6.45) is 0. The van der Waals surface area contributed by atoms with E-state index in [0.717, 1.165) is 11.1 Å². The molecule has 24 heavy (non-hydrogen) atoms. The van der Waals surface area contributed by atoms with Gasteiger partial charge in [0.05, 0.1) is 6.04 Å². The van der Waals surface area contributed by atoms with Gasteiger partial charge in [0.2, 0.25) is 0 Å². The monoisotopic (exact) mass is 319 g/mol. The lowest BCUT2D eigenvalue weighted by Crippen LogP contribution is -2.29. The van der Waals surface area contributed by atoms with Crippen molar-refractivity contribution in [3.63, 3.8) is 0 Å². The molecule has 120 valence electrons. The summed E-state index contributed by atoms with van der Waals surface area (Å²) in [6.45, 7) is 1.89. The first-order valence-electron chi connectivity index (χ1n) is 7.66. The fourth-order valence-electron chi connectivity index (χ4n) is 2.40. The first-order valence-corrected chi connectivity index (χ1v) is 7.66. The average Bonchev–Trinajstić information content (AvgIpc) is 2.62. The molecule has 1 heterocycles. The number of carbonyl (C=O) groups excluding carboxylic acids is 1. The van der Waals surface area contributed by atoms with Crippen LogP contribution in [0.2, 0.25) is 0 Å².